The molecule has 5 rings (SSSR count). The van der Waals surface area contributed by atoms with Crippen molar-refractivity contribution < 1.29 is 19.4 Å². The van der Waals surface area contributed by atoms with E-state index in [1.807, 2.05) is 12.1 Å². The van der Waals surface area contributed by atoms with E-state index in [1.54, 1.807) is 31.2 Å². The van der Waals surface area contributed by atoms with Crippen LogP contribution >= 0.6 is 0 Å². The number of aromatic nitrogens is 2. The maximum atomic E-state index is 13.4. The molecule has 2 aliphatic heterocycles. The molecule has 1 atom stereocenters. The number of benzene rings is 1. The van der Waals surface area contributed by atoms with Gasteiger partial charge in [0.1, 0.15) is 30.1 Å². The number of pyridine rings is 2. The largest absolute Gasteiger partial charge is 0.497 e. The van der Waals surface area contributed by atoms with Crippen LogP contribution in [0, 0.1) is 22.7 Å². The van der Waals surface area contributed by atoms with Gasteiger partial charge < -0.3 is 19.1 Å². The molecular weight excluding hydrogens is 436 g/mol. The summed E-state index contributed by atoms with van der Waals surface area (Å²) in [6, 6.07) is 10.6. The van der Waals surface area contributed by atoms with Gasteiger partial charge in [-0.15, -0.1) is 0 Å². The average Bonchev–Trinajstić information content (AvgIpc) is 3.23. The normalized spacial score (nSPS) is 17.6. The molecule has 1 unspecified atom stereocenters. The fourth-order valence-electron chi connectivity index (χ4n) is 4.61. The maximum Gasteiger partial charge on any atom is 0.343 e. The summed E-state index contributed by atoms with van der Waals surface area (Å²) in [6.45, 7) is 1.56. The van der Waals surface area contributed by atoms with Gasteiger partial charge in [-0.2, -0.15) is 10.5 Å². The second-order valence-electron chi connectivity index (χ2n) is 8.12. The molecule has 1 aromatic carbocycles. The van der Waals surface area contributed by atoms with E-state index in [4.69, 9.17) is 14.5 Å². The number of hydrogen-bond donors (Lipinski definition) is 1. The molecule has 3 aromatic rings. The van der Waals surface area contributed by atoms with E-state index in [9.17, 15) is 25.2 Å². The van der Waals surface area contributed by atoms with Crippen molar-refractivity contribution in [3.05, 3.63) is 62.4 Å². The Morgan fingerprint density at radius 3 is 2.74 bits per heavy atom. The first-order chi connectivity index (χ1) is 16.4. The molecule has 168 valence electrons. The summed E-state index contributed by atoms with van der Waals surface area (Å²) in [5.74, 6) is -0.217. The molecule has 0 saturated carbocycles. The Hall–Kier alpha value is -4.47. The van der Waals surface area contributed by atoms with Crippen LogP contribution in [0.5, 0.6) is 5.75 Å². The van der Waals surface area contributed by atoms with Gasteiger partial charge in [-0.05, 0) is 42.3 Å². The van der Waals surface area contributed by atoms with E-state index in [0.717, 1.165) is 0 Å². The van der Waals surface area contributed by atoms with Crippen LogP contribution in [0.2, 0.25) is 0 Å². The van der Waals surface area contributed by atoms with Crippen molar-refractivity contribution in [1.29, 1.82) is 10.5 Å². The van der Waals surface area contributed by atoms with Crippen molar-refractivity contribution in [1.82, 2.24) is 9.55 Å². The molecule has 1 N–H and O–H groups in total. The van der Waals surface area contributed by atoms with Crippen molar-refractivity contribution in [3.8, 4) is 29.3 Å². The van der Waals surface area contributed by atoms with Crippen molar-refractivity contribution in [2.45, 2.75) is 32.1 Å². The number of methoxy groups -OCH3 is 1. The van der Waals surface area contributed by atoms with Crippen molar-refractivity contribution >= 4 is 22.9 Å². The summed E-state index contributed by atoms with van der Waals surface area (Å²) < 4.78 is 12.0. The smallest absolute Gasteiger partial charge is 0.343 e. The van der Waals surface area contributed by atoms with Gasteiger partial charge in [0.25, 0.3) is 5.56 Å². The molecule has 0 radical (unpaired) electrons. The molecule has 2 aliphatic rings. The van der Waals surface area contributed by atoms with Gasteiger partial charge in [-0.25, -0.2) is 9.78 Å². The number of hydrogen-bond acceptors (Lipinski definition) is 8. The van der Waals surface area contributed by atoms with Crippen molar-refractivity contribution in [3.63, 3.8) is 0 Å². The van der Waals surface area contributed by atoms with Gasteiger partial charge in [-0.3, -0.25) is 4.79 Å². The van der Waals surface area contributed by atoms with E-state index >= 15 is 0 Å². The number of rotatable bonds is 3. The van der Waals surface area contributed by atoms with E-state index in [0.29, 0.717) is 39.2 Å². The molecule has 9 nitrogen and oxygen atoms in total. The zero-order valence-electron chi connectivity index (χ0n) is 18.4. The fourth-order valence-corrected chi connectivity index (χ4v) is 4.61. The van der Waals surface area contributed by atoms with Crippen LogP contribution in [0.3, 0.4) is 0 Å². The highest BCUT2D eigenvalue weighted by molar-refractivity contribution is 5.95. The highest BCUT2D eigenvalue weighted by atomic mass is 16.6. The molecule has 9 heteroatoms. The predicted octanol–water partition coefficient (Wildman–Crippen LogP) is 2.52. The van der Waals surface area contributed by atoms with Crippen LogP contribution in [-0.4, -0.2) is 27.7 Å². The Labute approximate surface area is 193 Å². The van der Waals surface area contributed by atoms with Crippen LogP contribution in [-0.2, 0) is 28.3 Å². The zero-order chi connectivity index (χ0) is 24.2. The molecule has 0 fully saturated rings. The minimum atomic E-state index is -1.92. The standard InChI is InChI=1S/C25H18N4O5/c1-3-25(32)19-8-21-22-17(11-29(21)23(30)18(19)12-34-24(25)31)15(6-13(9-26)10-27)16-7-14(33-2)4-5-20(16)28-22/h4-8,32H,3,11-12H2,1-2H3. The first kappa shape index (κ1) is 21.4. The number of nitrogens with zero attached hydrogens (tertiary/aromatic N) is 4. The lowest BCUT2D eigenvalue weighted by molar-refractivity contribution is -0.172. The van der Waals surface area contributed by atoms with Gasteiger partial charge in [0.15, 0.2) is 5.60 Å². The van der Waals surface area contributed by atoms with Crippen LogP contribution < -0.4 is 10.3 Å². The van der Waals surface area contributed by atoms with Gasteiger partial charge in [0.2, 0.25) is 0 Å². The Bertz CT molecular complexity index is 1570. The first-order valence-corrected chi connectivity index (χ1v) is 10.6. The summed E-state index contributed by atoms with van der Waals surface area (Å²) in [5, 5.41) is 30.4. The number of fused-ring (bicyclic) bond motifs is 5. The number of carbonyl (C=O) groups excluding carboxylic acids is 1. The number of aliphatic hydroxyl groups is 1. The van der Waals surface area contributed by atoms with Crippen molar-refractivity contribution in [2.24, 2.45) is 0 Å². The summed E-state index contributed by atoms with van der Waals surface area (Å²) in [5.41, 5.74) is 0.766. The molecule has 0 aliphatic carbocycles. The van der Waals surface area contributed by atoms with E-state index in [-0.39, 0.29) is 41.8 Å². The average molecular weight is 454 g/mol. The minimum absolute atomic E-state index is 0.0429. The lowest BCUT2D eigenvalue weighted by Gasteiger charge is -2.31. The van der Waals surface area contributed by atoms with E-state index in [2.05, 4.69) is 0 Å². The number of nitriles is 2. The molecule has 4 heterocycles. The highest BCUT2D eigenvalue weighted by Gasteiger charge is 2.45. The molecule has 0 spiro atoms. The third-order valence-electron chi connectivity index (χ3n) is 6.47. The summed E-state index contributed by atoms with van der Waals surface area (Å²) in [6.07, 6.45) is 1.52. The second-order valence-corrected chi connectivity index (χ2v) is 8.12. The molecule has 0 saturated heterocycles. The summed E-state index contributed by atoms with van der Waals surface area (Å²) in [7, 11) is 1.53. The molecular formula is C25H18N4O5. The number of esters is 1. The fraction of sp³-hybridized carbons (Fsp3) is 0.240. The van der Waals surface area contributed by atoms with Gasteiger partial charge in [0.05, 0.1) is 36.1 Å². The van der Waals surface area contributed by atoms with Crippen LogP contribution in [0.25, 0.3) is 28.4 Å². The summed E-state index contributed by atoms with van der Waals surface area (Å²) in [4.78, 5) is 30.5. The number of ether oxygens (including phenoxy) is 2. The lowest BCUT2D eigenvalue weighted by atomic mass is 9.86. The Kier molecular flexibility index (Phi) is 4.75. The number of allylic oxidation sites excluding steroid dienone is 1. The SMILES string of the molecule is CCC1(O)C(=O)OCc2c1cc1n(c2=O)Cc2c-1nc1ccc(OC)cc1c2C=C(C#N)C#N. The monoisotopic (exact) mass is 454 g/mol. The molecule has 0 bridgehead atoms. The van der Waals surface area contributed by atoms with Gasteiger partial charge >= 0.3 is 5.97 Å². The second kappa shape index (κ2) is 7.55. The summed E-state index contributed by atoms with van der Waals surface area (Å²) >= 11 is 0. The first-order valence-electron chi connectivity index (χ1n) is 10.6. The molecule has 34 heavy (non-hydrogen) atoms. The van der Waals surface area contributed by atoms with E-state index < -0.39 is 11.6 Å². The third-order valence-corrected chi connectivity index (χ3v) is 6.47. The number of carbonyl (C=O) groups is 1. The van der Waals surface area contributed by atoms with Gasteiger partial charge in [0, 0.05) is 16.5 Å². The quantitative estimate of drug-likeness (QED) is 0.368. The van der Waals surface area contributed by atoms with Crippen molar-refractivity contribution in [2.75, 3.05) is 7.11 Å². The highest BCUT2D eigenvalue weighted by Crippen LogP contribution is 2.41. The lowest BCUT2D eigenvalue weighted by Crippen LogP contribution is -2.44. The van der Waals surface area contributed by atoms with Gasteiger partial charge in [-0.1, -0.05) is 6.92 Å². The van der Waals surface area contributed by atoms with E-state index in [1.165, 1.54) is 17.8 Å². The maximum absolute atomic E-state index is 13.4. The Morgan fingerprint density at radius 1 is 1.29 bits per heavy atom. The third kappa shape index (κ3) is 2.84. The minimum Gasteiger partial charge on any atom is -0.497 e. The topological polar surface area (TPSA) is 138 Å². The number of cyclic esters (lactones) is 1. The Morgan fingerprint density at radius 2 is 2.06 bits per heavy atom. The van der Waals surface area contributed by atoms with Crippen LogP contribution in [0.4, 0.5) is 0 Å². The van der Waals surface area contributed by atoms with Crippen LogP contribution in [0.15, 0.2) is 34.6 Å². The predicted molar refractivity (Wildman–Crippen MR) is 120 cm³/mol. The zero-order valence-corrected chi connectivity index (χ0v) is 18.4. The van der Waals surface area contributed by atoms with Crippen LogP contribution in [0.1, 0.15) is 35.6 Å². The molecule has 2 aromatic heterocycles. The Balaban J connectivity index is 1.86. The molecule has 0 amide bonds.